The molecule has 2 aromatic carbocycles. The molecule has 3 aromatic rings. The number of furan rings is 1. The number of ether oxygens (including phenoxy) is 1. The third-order valence-electron chi connectivity index (χ3n) is 7.59. The van der Waals surface area contributed by atoms with Crippen molar-refractivity contribution in [1.82, 2.24) is 9.80 Å². The Morgan fingerprint density at radius 3 is 2.43 bits per heavy atom. The second kappa shape index (κ2) is 10.7. The van der Waals surface area contributed by atoms with E-state index >= 15 is 0 Å². The number of rotatable bonds is 9. The zero-order valence-corrected chi connectivity index (χ0v) is 20.9. The van der Waals surface area contributed by atoms with E-state index in [2.05, 4.69) is 65.3 Å². The Morgan fingerprint density at radius 2 is 1.80 bits per heavy atom. The van der Waals surface area contributed by atoms with Gasteiger partial charge in [-0.05, 0) is 92.9 Å². The van der Waals surface area contributed by atoms with Gasteiger partial charge in [-0.1, -0.05) is 42.5 Å². The lowest BCUT2D eigenvalue weighted by atomic mass is 9.84. The lowest BCUT2D eigenvalue weighted by Gasteiger charge is -2.41. The van der Waals surface area contributed by atoms with E-state index in [0.29, 0.717) is 17.7 Å². The van der Waals surface area contributed by atoms with Crippen LogP contribution in [0.5, 0.6) is 5.75 Å². The fraction of sp³-hybridized carbons (Fsp3) is 0.433. The maximum atomic E-state index is 13.6. The van der Waals surface area contributed by atoms with E-state index in [1.54, 1.807) is 19.4 Å². The molecule has 0 radical (unpaired) electrons. The topological polar surface area (TPSA) is 45.9 Å². The molecule has 1 amide bonds. The van der Waals surface area contributed by atoms with Crippen LogP contribution >= 0.6 is 0 Å². The molecule has 5 rings (SSSR count). The molecular formula is C30H36N2O3. The van der Waals surface area contributed by atoms with Crippen LogP contribution in [0.3, 0.4) is 0 Å². The summed E-state index contributed by atoms with van der Waals surface area (Å²) < 4.78 is 11.0. The van der Waals surface area contributed by atoms with Gasteiger partial charge in [-0.2, -0.15) is 0 Å². The maximum absolute atomic E-state index is 13.6. The standard InChI is InChI=1S/C30H36N2O3/c1-22-19-24(10-13-28(22)34-2)21-31-16-14-25(15-17-31)27(20-23-7-4-3-5-8-23)32(26-11-12-26)30(33)29-9-6-18-35-29/h3-10,13,18-19,25-27H,11-12,14-17,20-21H2,1-2H3. The molecule has 0 bridgehead atoms. The molecule has 35 heavy (non-hydrogen) atoms. The minimum atomic E-state index is 0.0505. The van der Waals surface area contributed by atoms with Crippen molar-refractivity contribution in [2.75, 3.05) is 20.2 Å². The van der Waals surface area contributed by atoms with E-state index in [1.807, 2.05) is 6.07 Å². The minimum absolute atomic E-state index is 0.0505. The molecule has 5 heteroatoms. The summed E-state index contributed by atoms with van der Waals surface area (Å²) in [7, 11) is 1.72. The van der Waals surface area contributed by atoms with Gasteiger partial charge in [-0.15, -0.1) is 0 Å². The summed E-state index contributed by atoms with van der Waals surface area (Å²) in [5, 5.41) is 0. The first-order valence-corrected chi connectivity index (χ1v) is 12.9. The van der Waals surface area contributed by atoms with Crippen LogP contribution in [0.2, 0.25) is 0 Å². The first-order chi connectivity index (χ1) is 17.1. The van der Waals surface area contributed by atoms with Gasteiger partial charge in [0.2, 0.25) is 0 Å². The molecule has 2 aliphatic rings. The molecule has 184 valence electrons. The normalized spacial score (nSPS) is 17.8. The van der Waals surface area contributed by atoms with Crippen LogP contribution in [0.15, 0.2) is 71.3 Å². The Kier molecular flexibility index (Phi) is 7.24. The minimum Gasteiger partial charge on any atom is -0.496 e. The molecule has 0 spiro atoms. The summed E-state index contributed by atoms with van der Waals surface area (Å²) in [6.07, 6.45) is 6.87. The van der Waals surface area contributed by atoms with Crippen molar-refractivity contribution in [3.63, 3.8) is 0 Å². The van der Waals surface area contributed by atoms with Gasteiger partial charge in [0.15, 0.2) is 5.76 Å². The summed E-state index contributed by atoms with van der Waals surface area (Å²) in [4.78, 5) is 18.3. The van der Waals surface area contributed by atoms with Crippen molar-refractivity contribution >= 4 is 5.91 Å². The first kappa shape index (κ1) is 23.7. The molecular weight excluding hydrogens is 436 g/mol. The molecule has 1 saturated carbocycles. The maximum Gasteiger partial charge on any atom is 0.290 e. The van der Waals surface area contributed by atoms with Crippen LogP contribution in [0.25, 0.3) is 0 Å². The number of piperidine rings is 1. The van der Waals surface area contributed by atoms with Gasteiger partial charge in [0, 0.05) is 18.6 Å². The second-order valence-electron chi connectivity index (χ2n) is 10.1. The van der Waals surface area contributed by atoms with Crippen LogP contribution in [0, 0.1) is 12.8 Å². The zero-order chi connectivity index (χ0) is 24.2. The van der Waals surface area contributed by atoms with Crippen molar-refractivity contribution in [2.45, 2.75) is 57.7 Å². The Labute approximate surface area is 208 Å². The van der Waals surface area contributed by atoms with Crippen molar-refractivity contribution in [2.24, 2.45) is 5.92 Å². The molecule has 1 aromatic heterocycles. The first-order valence-electron chi connectivity index (χ1n) is 12.9. The van der Waals surface area contributed by atoms with E-state index in [4.69, 9.17) is 9.15 Å². The highest BCUT2D eigenvalue weighted by molar-refractivity contribution is 5.92. The summed E-state index contributed by atoms with van der Waals surface area (Å²) in [6.45, 7) is 5.16. The summed E-state index contributed by atoms with van der Waals surface area (Å²) in [5.41, 5.74) is 3.81. The number of hydrogen-bond acceptors (Lipinski definition) is 4. The van der Waals surface area contributed by atoms with E-state index in [9.17, 15) is 4.79 Å². The van der Waals surface area contributed by atoms with Crippen LogP contribution in [0.1, 0.15) is 52.9 Å². The average Bonchev–Trinajstić information content (AvgIpc) is 3.56. The molecule has 2 heterocycles. The van der Waals surface area contributed by atoms with E-state index in [-0.39, 0.29) is 11.9 Å². The van der Waals surface area contributed by atoms with Crippen LogP contribution in [-0.4, -0.2) is 48.0 Å². The van der Waals surface area contributed by atoms with Gasteiger partial charge >= 0.3 is 0 Å². The number of carbonyl (C=O) groups is 1. The number of aryl methyl sites for hydroxylation is 1. The van der Waals surface area contributed by atoms with Gasteiger partial charge in [0.1, 0.15) is 5.75 Å². The van der Waals surface area contributed by atoms with E-state index < -0.39 is 0 Å². The van der Waals surface area contributed by atoms with Gasteiger partial charge < -0.3 is 14.1 Å². The molecule has 1 atom stereocenters. The quantitative estimate of drug-likeness (QED) is 0.399. The third kappa shape index (κ3) is 5.62. The molecule has 1 saturated heterocycles. The number of nitrogens with zero attached hydrogens (tertiary/aromatic N) is 2. The predicted octanol–water partition coefficient (Wildman–Crippen LogP) is 5.72. The van der Waals surface area contributed by atoms with Gasteiger partial charge in [0.25, 0.3) is 5.91 Å². The van der Waals surface area contributed by atoms with Gasteiger partial charge in [-0.3, -0.25) is 9.69 Å². The molecule has 1 unspecified atom stereocenters. The largest absolute Gasteiger partial charge is 0.496 e. The molecule has 0 N–H and O–H groups in total. The molecule has 2 fully saturated rings. The van der Waals surface area contributed by atoms with Crippen molar-refractivity contribution in [3.05, 3.63) is 89.4 Å². The Bertz CT molecular complexity index is 1100. The van der Waals surface area contributed by atoms with E-state index in [0.717, 1.165) is 57.5 Å². The summed E-state index contributed by atoms with van der Waals surface area (Å²) >= 11 is 0. The smallest absolute Gasteiger partial charge is 0.290 e. The predicted molar refractivity (Wildman–Crippen MR) is 138 cm³/mol. The number of hydrogen-bond donors (Lipinski definition) is 0. The Balaban J connectivity index is 1.31. The van der Waals surface area contributed by atoms with Crippen molar-refractivity contribution < 1.29 is 13.9 Å². The number of carbonyl (C=O) groups excluding carboxylic acids is 1. The van der Waals surface area contributed by atoms with Crippen LogP contribution in [-0.2, 0) is 13.0 Å². The average molecular weight is 473 g/mol. The zero-order valence-electron chi connectivity index (χ0n) is 20.9. The monoisotopic (exact) mass is 472 g/mol. The van der Waals surface area contributed by atoms with Crippen molar-refractivity contribution in [1.29, 1.82) is 0 Å². The fourth-order valence-electron chi connectivity index (χ4n) is 5.61. The number of benzene rings is 2. The number of likely N-dealkylation sites (tertiary alicyclic amines) is 1. The second-order valence-corrected chi connectivity index (χ2v) is 10.1. The molecule has 5 nitrogen and oxygen atoms in total. The summed E-state index contributed by atoms with van der Waals surface area (Å²) in [5.74, 6) is 1.93. The number of methoxy groups -OCH3 is 1. The highest BCUT2D eigenvalue weighted by atomic mass is 16.5. The fourth-order valence-corrected chi connectivity index (χ4v) is 5.61. The van der Waals surface area contributed by atoms with Gasteiger partial charge in [0.05, 0.1) is 13.4 Å². The highest BCUT2D eigenvalue weighted by Gasteiger charge is 2.42. The third-order valence-corrected chi connectivity index (χ3v) is 7.59. The lowest BCUT2D eigenvalue weighted by Crippen LogP contribution is -2.50. The van der Waals surface area contributed by atoms with Gasteiger partial charge in [-0.25, -0.2) is 0 Å². The summed E-state index contributed by atoms with van der Waals surface area (Å²) in [6, 6.07) is 21.3. The van der Waals surface area contributed by atoms with Crippen LogP contribution < -0.4 is 4.74 Å². The van der Waals surface area contributed by atoms with Crippen molar-refractivity contribution in [3.8, 4) is 5.75 Å². The number of amides is 1. The van der Waals surface area contributed by atoms with E-state index in [1.165, 1.54) is 16.7 Å². The molecule has 1 aliphatic heterocycles. The lowest BCUT2D eigenvalue weighted by molar-refractivity contribution is 0.0454. The Morgan fingerprint density at radius 1 is 1.03 bits per heavy atom. The van der Waals surface area contributed by atoms with Crippen LogP contribution in [0.4, 0.5) is 0 Å². The highest BCUT2D eigenvalue weighted by Crippen LogP contribution is 2.36. The molecule has 1 aliphatic carbocycles. The Hall–Kier alpha value is -3.05. The SMILES string of the molecule is COc1ccc(CN2CCC(C(Cc3ccccc3)N(C(=O)c3ccco3)C3CC3)CC2)cc1C.